The van der Waals surface area contributed by atoms with Crippen molar-refractivity contribution in [2.24, 2.45) is 0 Å². The molecule has 0 radical (unpaired) electrons. The van der Waals surface area contributed by atoms with E-state index < -0.39 is 30.4 Å². The summed E-state index contributed by atoms with van der Waals surface area (Å²) in [5, 5.41) is 29.9. The first-order chi connectivity index (χ1) is 7.40. The Morgan fingerprint density at radius 3 is 2.12 bits per heavy atom. The SMILES string of the molecule is O=C(O)c1cccc(F)c1OF.OB(O)O.[H-].[Li+]. The molecule has 0 unspecified atom stereocenters. The molecule has 10 heteroatoms. The molecule has 0 saturated carbocycles. The maximum absolute atomic E-state index is 12.6. The van der Waals surface area contributed by atoms with Gasteiger partial charge in [0.05, 0.1) is 0 Å². The Balaban J connectivity index is -0.000000332. The van der Waals surface area contributed by atoms with Crippen LogP contribution in [0.3, 0.4) is 0 Å². The van der Waals surface area contributed by atoms with Gasteiger partial charge in [-0.05, 0) is 12.1 Å². The first-order valence-corrected chi connectivity index (χ1v) is 3.74. The van der Waals surface area contributed by atoms with E-state index in [2.05, 4.69) is 4.94 Å². The van der Waals surface area contributed by atoms with Gasteiger partial charge in [-0.15, -0.1) is 0 Å². The summed E-state index contributed by atoms with van der Waals surface area (Å²) in [4.78, 5) is 13.4. The monoisotopic (exact) mass is 244 g/mol. The Bertz CT molecular complexity index is 367. The van der Waals surface area contributed by atoms with Gasteiger partial charge in [0.15, 0.2) is 5.82 Å². The second-order valence-electron chi connectivity index (χ2n) is 2.35. The van der Waals surface area contributed by atoms with Crippen LogP contribution in [-0.4, -0.2) is 33.5 Å². The maximum atomic E-state index is 12.6. The van der Waals surface area contributed by atoms with Gasteiger partial charge < -0.3 is 21.6 Å². The minimum absolute atomic E-state index is 0. The molecule has 17 heavy (non-hydrogen) atoms. The molecule has 6 nitrogen and oxygen atoms in total. The molecule has 0 saturated heterocycles. The smallest absolute Gasteiger partial charge is 1.00 e. The van der Waals surface area contributed by atoms with Crippen LogP contribution in [0.5, 0.6) is 5.75 Å². The van der Waals surface area contributed by atoms with Gasteiger partial charge in [-0.2, -0.15) is 0 Å². The van der Waals surface area contributed by atoms with Crippen molar-refractivity contribution in [3.8, 4) is 5.75 Å². The van der Waals surface area contributed by atoms with Crippen LogP contribution in [0.1, 0.15) is 11.8 Å². The fourth-order valence-corrected chi connectivity index (χ4v) is 0.756. The Morgan fingerprint density at radius 2 is 1.82 bits per heavy atom. The molecule has 0 fully saturated rings. The molecule has 0 bridgehead atoms. The van der Waals surface area contributed by atoms with Gasteiger partial charge in [0.2, 0.25) is 5.75 Å². The third kappa shape index (κ3) is 6.94. The van der Waals surface area contributed by atoms with Gasteiger partial charge in [0.25, 0.3) is 0 Å². The summed E-state index contributed by atoms with van der Waals surface area (Å²) < 4.78 is 24.2. The minimum Gasteiger partial charge on any atom is -1.00 e. The van der Waals surface area contributed by atoms with Crippen LogP contribution in [0.25, 0.3) is 0 Å². The standard InChI is InChI=1S/C7H4F2O3.BH3O3.Li.H/c8-5-3-1-2-4(7(10)11)6(5)12-9;2-1(3)4;;/h1-3H,(H,10,11);2-4H;;/q;;+1;-1. The average Bonchev–Trinajstić information content (AvgIpc) is 2.16. The molecule has 0 heterocycles. The Hall–Kier alpha value is -1.11. The molecule has 0 spiro atoms. The molecule has 0 aliphatic carbocycles. The number of carbonyl (C=O) groups is 1. The van der Waals surface area contributed by atoms with Crippen molar-refractivity contribution in [2.45, 2.75) is 0 Å². The van der Waals surface area contributed by atoms with Crippen molar-refractivity contribution in [1.29, 1.82) is 0 Å². The first kappa shape index (κ1) is 18.3. The second kappa shape index (κ2) is 8.98. The van der Waals surface area contributed by atoms with E-state index in [1.165, 1.54) is 0 Å². The normalized spacial score (nSPS) is 8.29. The number of aromatic carboxylic acids is 1. The summed E-state index contributed by atoms with van der Waals surface area (Å²) in [5.74, 6) is -3.38. The summed E-state index contributed by atoms with van der Waals surface area (Å²) in [5.41, 5.74) is -0.544. The van der Waals surface area contributed by atoms with E-state index in [-0.39, 0.29) is 20.3 Å². The molecule has 1 rings (SSSR count). The Labute approximate surface area is 108 Å². The first-order valence-electron chi connectivity index (χ1n) is 3.74. The number of carboxylic acid groups (broad SMARTS) is 1. The fraction of sp³-hybridized carbons (Fsp3) is 0. The van der Waals surface area contributed by atoms with Crippen LogP contribution >= 0.6 is 0 Å². The summed E-state index contributed by atoms with van der Waals surface area (Å²) in [7, 11) is -2.17. The number of hydrogen-bond acceptors (Lipinski definition) is 5. The van der Waals surface area contributed by atoms with Gasteiger partial charge in [0, 0.05) is 4.53 Å². The summed E-state index contributed by atoms with van der Waals surface area (Å²) in [6, 6.07) is 3.10. The summed E-state index contributed by atoms with van der Waals surface area (Å²) >= 11 is 0. The quantitative estimate of drug-likeness (QED) is 0.409. The molecular formula is C7H8BF2LiO6. The van der Waals surface area contributed by atoms with Crippen LogP contribution in [-0.2, 0) is 0 Å². The number of rotatable bonds is 2. The van der Waals surface area contributed by atoms with Crippen molar-refractivity contribution in [1.82, 2.24) is 0 Å². The molecule has 1 aromatic carbocycles. The van der Waals surface area contributed by atoms with E-state index in [4.69, 9.17) is 20.2 Å². The molecular weight excluding hydrogens is 236 g/mol. The predicted molar refractivity (Wildman–Crippen MR) is 48.6 cm³/mol. The van der Waals surface area contributed by atoms with E-state index in [0.717, 1.165) is 18.2 Å². The molecule has 4 N–H and O–H groups in total. The molecule has 1 aromatic rings. The van der Waals surface area contributed by atoms with E-state index in [1.54, 1.807) is 0 Å². The zero-order chi connectivity index (χ0) is 12.7. The fourth-order valence-electron chi connectivity index (χ4n) is 0.756. The van der Waals surface area contributed by atoms with Gasteiger partial charge in [-0.25, -0.2) is 9.18 Å². The van der Waals surface area contributed by atoms with Crippen molar-refractivity contribution in [3.63, 3.8) is 0 Å². The van der Waals surface area contributed by atoms with E-state index in [0.29, 0.717) is 0 Å². The van der Waals surface area contributed by atoms with E-state index in [1.807, 2.05) is 0 Å². The topological polar surface area (TPSA) is 107 Å². The number of carboxylic acids is 1. The van der Waals surface area contributed by atoms with Crippen molar-refractivity contribution >= 4 is 13.3 Å². The summed E-state index contributed by atoms with van der Waals surface area (Å²) in [6.45, 7) is 0. The third-order valence-electron chi connectivity index (χ3n) is 1.27. The second-order valence-corrected chi connectivity index (χ2v) is 2.35. The van der Waals surface area contributed by atoms with Crippen LogP contribution < -0.4 is 23.8 Å². The average molecular weight is 244 g/mol. The van der Waals surface area contributed by atoms with Gasteiger partial charge in [-0.3, -0.25) is 4.94 Å². The van der Waals surface area contributed by atoms with Crippen molar-refractivity contribution in [3.05, 3.63) is 29.6 Å². The zero-order valence-electron chi connectivity index (χ0n) is 9.67. The molecule has 0 atom stereocenters. The molecule has 90 valence electrons. The molecule has 0 aliphatic rings. The van der Waals surface area contributed by atoms with E-state index in [9.17, 15) is 13.7 Å². The predicted octanol–water partition coefficient (Wildman–Crippen LogP) is -3.15. The van der Waals surface area contributed by atoms with Crippen LogP contribution in [0.2, 0.25) is 0 Å². The van der Waals surface area contributed by atoms with Crippen molar-refractivity contribution in [2.75, 3.05) is 0 Å². The van der Waals surface area contributed by atoms with Gasteiger partial charge in [-0.1, -0.05) is 6.07 Å². The minimum atomic E-state index is -2.17. The zero-order valence-corrected chi connectivity index (χ0v) is 8.67. The molecule has 0 amide bonds. The van der Waals surface area contributed by atoms with Crippen LogP contribution in [0, 0.1) is 5.82 Å². The number of para-hydroxylation sites is 1. The largest absolute Gasteiger partial charge is 1.00 e. The van der Waals surface area contributed by atoms with Crippen LogP contribution in [0.4, 0.5) is 8.92 Å². The maximum Gasteiger partial charge on any atom is 1.00 e. The summed E-state index contributed by atoms with van der Waals surface area (Å²) in [6.07, 6.45) is 0. The van der Waals surface area contributed by atoms with Crippen molar-refractivity contribution < 1.29 is 59.1 Å². The molecule has 0 aliphatic heterocycles. The number of hydrogen-bond donors (Lipinski definition) is 4. The number of halogens is 2. The molecule has 0 aromatic heterocycles. The van der Waals surface area contributed by atoms with Gasteiger partial charge in [0.1, 0.15) is 5.56 Å². The van der Waals surface area contributed by atoms with Gasteiger partial charge >= 0.3 is 32.2 Å². The van der Waals surface area contributed by atoms with Crippen LogP contribution in [0.15, 0.2) is 18.2 Å². The van der Waals surface area contributed by atoms with E-state index >= 15 is 0 Å². The number of benzene rings is 1. The Kier molecular flexibility index (Phi) is 9.64. The third-order valence-corrected chi connectivity index (χ3v) is 1.27. The Morgan fingerprint density at radius 1 is 1.35 bits per heavy atom.